The Balaban J connectivity index is 1.75. The fraction of sp³-hybridized carbons (Fsp3) is 0.526. The van der Waals surface area contributed by atoms with Crippen LogP contribution in [-0.4, -0.2) is 40.3 Å². The van der Waals surface area contributed by atoms with Gasteiger partial charge in [-0.05, 0) is 56.3 Å². The molecule has 1 aliphatic heterocycles. The monoisotopic (exact) mass is 341 g/mol. The Morgan fingerprint density at radius 1 is 1.40 bits per heavy atom. The third kappa shape index (κ3) is 4.07. The zero-order valence-electron chi connectivity index (χ0n) is 15.2. The van der Waals surface area contributed by atoms with E-state index in [0.717, 1.165) is 31.0 Å². The molecule has 1 aliphatic rings. The molecule has 3 rings (SSSR count). The lowest BCUT2D eigenvalue weighted by molar-refractivity contribution is 0.0934. The van der Waals surface area contributed by atoms with Gasteiger partial charge in [-0.3, -0.25) is 4.79 Å². The van der Waals surface area contributed by atoms with Crippen molar-refractivity contribution >= 4 is 5.91 Å². The van der Waals surface area contributed by atoms with Crippen molar-refractivity contribution in [3.8, 4) is 5.69 Å². The molecule has 134 valence electrons. The number of amides is 1. The number of carbonyl (C=O) groups is 1. The largest absolute Gasteiger partial charge is 0.349 e. The maximum absolute atomic E-state index is 12.4. The highest BCUT2D eigenvalue weighted by atomic mass is 16.2. The molecule has 1 aromatic carbocycles. The van der Waals surface area contributed by atoms with Gasteiger partial charge in [0.15, 0.2) is 0 Å². The summed E-state index contributed by atoms with van der Waals surface area (Å²) in [5, 5.41) is 10.8. The minimum Gasteiger partial charge on any atom is -0.349 e. The van der Waals surface area contributed by atoms with E-state index in [1.165, 1.54) is 12.0 Å². The average molecular weight is 341 g/mol. The van der Waals surface area contributed by atoms with E-state index in [1.54, 1.807) is 4.68 Å². The van der Waals surface area contributed by atoms with E-state index < -0.39 is 0 Å². The molecule has 0 radical (unpaired) electrons. The van der Waals surface area contributed by atoms with Crippen LogP contribution in [0.1, 0.15) is 54.6 Å². The van der Waals surface area contributed by atoms with Gasteiger partial charge in [-0.2, -0.15) is 0 Å². The molecule has 0 spiro atoms. The van der Waals surface area contributed by atoms with Gasteiger partial charge >= 0.3 is 0 Å². The molecule has 0 saturated carbocycles. The summed E-state index contributed by atoms with van der Waals surface area (Å²) in [7, 11) is 0. The summed E-state index contributed by atoms with van der Waals surface area (Å²) in [6.07, 6.45) is 2.31. The van der Waals surface area contributed by atoms with E-state index in [9.17, 15) is 4.79 Å². The van der Waals surface area contributed by atoms with Gasteiger partial charge in [0.25, 0.3) is 5.91 Å². The molecule has 1 atom stereocenters. The van der Waals surface area contributed by atoms with Gasteiger partial charge in [-0.15, -0.1) is 5.10 Å². The maximum atomic E-state index is 12.4. The Bertz CT molecular complexity index is 731. The van der Waals surface area contributed by atoms with Gasteiger partial charge in [0.2, 0.25) is 5.82 Å². The van der Waals surface area contributed by atoms with Crippen molar-refractivity contribution in [2.75, 3.05) is 19.6 Å². The Morgan fingerprint density at radius 2 is 2.20 bits per heavy atom. The number of rotatable bonds is 5. The summed E-state index contributed by atoms with van der Waals surface area (Å²) in [4.78, 5) is 16.8. The zero-order chi connectivity index (χ0) is 17.8. The van der Waals surface area contributed by atoms with Crippen molar-refractivity contribution in [2.45, 2.75) is 39.5 Å². The molecule has 0 aliphatic carbocycles. The van der Waals surface area contributed by atoms with Crippen LogP contribution in [0, 0.1) is 12.8 Å². The van der Waals surface area contributed by atoms with Crippen LogP contribution in [0.25, 0.3) is 5.69 Å². The SMILES string of the molecule is Cc1nc(C(=O)NCC2CCCNC2)nn1-c1ccccc1C(C)C. The molecule has 6 heteroatoms. The van der Waals surface area contributed by atoms with E-state index in [0.29, 0.717) is 18.4 Å². The first-order valence-corrected chi connectivity index (χ1v) is 9.08. The van der Waals surface area contributed by atoms with Gasteiger partial charge in [0, 0.05) is 6.54 Å². The molecule has 2 heterocycles. The number of benzene rings is 1. The first-order chi connectivity index (χ1) is 12.1. The summed E-state index contributed by atoms with van der Waals surface area (Å²) >= 11 is 0. The molecule has 25 heavy (non-hydrogen) atoms. The highest BCUT2D eigenvalue weighted by Crippen LogP contribution is 2.23. The Labute approximate surface area is 149 Å². The predicted octanol–water partition coefficient (Wildman–Crippen LogP) is 2.43. The van der Waals surface area contributed by atoms with Crippen LogP contribution < -0.4 is 10.6 Å². The second-order valence-electron chi connectivity index (χ2n) is 7.03. The number of piperidine rings is 1. The van der Waals surface area contributed by atoms with E-state index in [4.69, 9.17) is 0 Å². The molecule has 1 aromatic heterocycles. The lowest BCUT2D eigenvalue weighted by atomic mass is 10.00. The highest BCUT2D eigenvalue weighted by Gasteiger charge is 2.19. The van der Waals surface area contributed by atoms with E-state index in [1.807, 2.05) is 25.1 Å². The normalized spacial score (nSPS) is 17.7. The topological polar surface area (TPSA) is 71.8 Å². The number of para-hydroxylation sites is 1. The Morgan fingerprint density at radius 3 is 2.92 bits per heavy atom. The van der Waals surface area contributed by atoms with Crippen molar-refractivity contribution in [3.63, 3.8) is 0 Å². The smallest absolute Gasteiger partial charge is 0.290 e. The molecular formula is C19H27N5O. The van der Waals surface area contributed by atoms with Gasteiger partial charge in [0.05, 0.1) is 5.69 Å². The predicted molar refractivity (Wildman–Crippen MR) is 98.1 cm³/mol. The van der Waals surface area contributed by atoms with Crippen molar-refractivity contribution in [1.82, 2.24) is 25.4 Å². The Kier molecular flexibility index (Phi) is 5.48. The summed E-state index contributed by atoms with van der Waals surface area (Å²) in [5.74, 6) is 1.62. The van der Waals surface area contributed by atoms with Crippen LogP contribution in [-0.2, 0) is 0 Å². The third-order valence-electron chi connectivity index (χ3n) is 4.71. The van der Waals surface area contributed by atoms with Crippen LogP contribution in [0.2, 0.25) is 0 Å². The molecule has 1 amide bonds. The standard InChI is InChI=1S/C19H27N5O/c1-13(2)16-8-4-5-9-17(16)24-14(3)22-18(23-24)19(25)21-12-15-7-6-10-20-11-15/h4-5,8-9,13,15,20H,6-7,10-12H2,1-3H3,(H,21,25). The molecule has 0 bridgehead atoms. The molecule has 6 nitrogen and oxygen atoms in total. The molecular weight excluding hydrogens is 314 g/mol. The van der Waals surface area contributed by atoms with Crippen LogP contribution >= 0.6 is 0 Å². The fourth-order valence-corrected chi connectivity index (χ4v) is 3.30. The molecule has 1 fully saturated rings. The first kappa shape index (κ1) is 17.6. The number of hydrogen-bond acceptors (Lipinski definition) is 4. The van der Waals surface area contributed by atoms with E-state index >= 15 is 0 Å². The van der Waals surface area contributed by atoms with Crippen molar-refractivity contribution in [2.24, 2.45) is 5.92 Å². The third-order valence-corrected chi connectivity index (χ3v) is 4.71. The summed E-state index contributed by atoms with van der Waals surface area (Å²) < 4.78 is 1.77. The van der Waals surface area contributed by atoms with Crippen molar-refractivity contribution in [3.05, 3.63) is 41.5 Å². The highest BCUT2D eigenvalue weighted by molar-refractivity contribution is 5.90. The number of aromatic nitrogens is 3. The van der Waals surface area contributed by atoms with Crippen LogP contribution in [0.4, 0.5) is 0 Å². The van der Waals surface area contributed by atoms with Crippen LogP contribution in [0.15, 0.2) is 24.3 Å². The van der Waals surface area contributed by atoms with Crippen LogP contribution in [0.5, 0.6) is 0 Å². The number of hydrogen-bond donors (Lipinski definition) is 2. The first-order valence-electron chi connectivity index (χ1n) is 9.08. The zero-order valence-corrected chi connectivity index (χ0v) is 15.2. The summed E-state index contributed by atoms with van der Waals surface area (Å²) in [6, 6.07) is 8.12. The number of nitrogens with zero attached hydrogens (tertiary/aromatic N) is 3. The molecule has 2 aromatic rings. The van der Waals surface area contributed by atoms with Crippen molar-refractivity contribution < 1.29 is 4.79 Å². The van der Waals surface area contributed by atoms with E-state index in [2.05, 4.69) is 40.6 Å². The van der Waals surface area contributed by atoms with E-state index in [-0.39, 0.29) is 11.7 Å². The van der Waals surface area contributed by atoms with Gasteiger partial charge < -0.3 is 10.6 Å². The average Bonchev–Trinajstić information content (AvgIpc) is 3.02. The minimum atomic E-state index is -0.200. The molecule has 2 N–H and O–H groups in total. The van der Waals surface area contributed by atoms with Gasteiger partial charge in [-0.25, -0.2) is 9.67 Å². The lowest BCUT2D eigenvalue weighted by Crippen LogP contribution is -2.38. The summed E-state index contributed by atoms with van der Waals surface area (Å²) in [5.41, 5.74) is 2.17. The number of nitrogens with one attached hydrogen (secondary N) is 2. The number of carbonyl (C=O) groups excluding carboxylic acids is 1. The quantitative estimate of drug-likeness (QED) is 0.876. The maximum Gasteiger partial charge on any atom is 0.290 e. The second-order valence-corrected chi connectivity index (χ2v) is 7.03. The number of aryl methyl sites for hydroxylation is 1. The summed E-state index contributed by atoms with van der Waals surface area (Å²) in [6.45, 7) is 8.88. The lowest BCUT2D eigenvalue weighted by Gasteiger charge is -2.22. The van der Waals surface area contributed by atoms with Gasteiger partial charge in [0.1, 0.15) is 5.82 Å². The van der Waals surface area contributed by atoms with Crippen LogP contribution in [0.3, 0.4) is 0 Å². The fourth-order valence-electron chi connectivity index (χ4n) is 3.30. The Hall–Kier alpha value is -2.21. The minimum absolute atomic E-state index is 0.200. The van der Waals surface area contributed by atoms with Crippen molar-refractivity contribution in [1.29, 1.82) is 0 Å². The molecule has 1 unspecified atom stereocenters. The second kappa shape index (κ2) is 7.78. The molecule has 1 saturated heterocycles. The van der Waals surface area contributed by atoms with Gasteiger partial charge in [-0.1, -0.05) is 32.0 Å².